The van der Waals surface area contributed by atoms with Crippen molar-refractivity contribution in [3.63, 3.8) is 0 Å². The van der Waals surface area contributed by atoms with Crippen LogP contribution in [0.25, 0.3) is 5.65 Å². The summed E-state index contributed by atoms with van der Waals surface area (Å²) >= 11 is 0. The fraction of sp³-hybridized carbons (Fsp3) is 0.526. The van der Waals surface area contributed by atoms with E-state index in [4.69, 9.17) is 5.10 Å². The van der Waals surface area contributed by atoms with Gasteiger partial charge in [-0.3, -0.25) is 4.79 Å². The van der Waals surface area contributed by atoms with E-state index in [2.05, 4.69) is 25.1 Å². The quantitative estimate of drug-likeness (QED) is 0.675. The molecule has 5 rings (SSSR count). The summed E-state index contributed by atoms with van der Waals surface area (Å²) in [5, 5.41) is 18.0. The Kier molecular flexibility index (Phi) is 4.22. The first-order valence-electron chi connectivity index (χ1n) is 9.96. The molecule has 28 heavy (non-hydrogen) atoms. The largest absolute Gasteiger partial charge is 0.355 e. The predicted molar refractivity (Wildman–Crippen MR) is 106 cm³/mol. The molecule has 3 aromatic heterocycles. The summed E-state index contributed by atoms with van der Waals surface area (Å²) in [7, 11) is 1.69. The molecule has 0 saturated carbocycles. The second-order valence-corrected chi connectivity index (χ2v) is 7.63. The predicted octanol–water partition coefficient (Wildman–Crippen LogP) is 1.20. The highest BCUT2D eigenvalue weighted by molar-refractivity contribution is 5.46. The van der Waals surface area contributed by atoms with Gasteiger partial charge in [-0.1, -0.05) is 0 Å². The van der Waals surface area contributed by atoms with Gasteiger partial charge in [0.25, 0.3) is 5.56 Å². The zero-order valence-electron chi connectivity index (χ0n) is 16.0. The highest BCUT2D eigenvalue weighted by atomic mass is 16.1. The van der Waals surface area contributed by atoms with E-state index in [-0.39, 0.29) is 5.56 Å². The number of rotatable bonds is 3. The first-order chi connectivity index (χ1) is 13.7. The highest BCUT2D eigenvalue weighted by Crippen LogP contribution is 2.29. The van der Waals surface area contributed by atoms with Gasteiger partial charge >= 0.3 is 0 Å². The van der Waals surface area contributed by atoms with Crippen LogP contribution in [0.2, 0.25) is 0 Å². The molecule has 9 nitrogen and oxygen atoms in total. The van der Waals surface area contributed by atoms with Gasteiger partial charge in [-0.05, 0) is 43.9 Å². The van der Waals surface area contributed by atoms with E-state index in [9.17, 15) is 4.79 Å². The normalized spacial score (nSPS) is 18.3. The van der Waals surface area contributed by atoms with Crippen LogP contribution in [0.3, 0.4) is 0 Å². The van der Waals surface area contributed by atoms with Gasteiger partial charge < -0.3 is 9.80 Å². The molecule has 0 radical (unpaired) electrons. The van der Waals surface area contributed by atoms with Gasteiger partial charge in [0.1, 0.15) is 11.6 Å². The zero-order chi connectivity index (χ0) is 19.1. The lowest BCUT2D eigenvalue weighted by Crippen LogP contribution is -2.35. The Labute approximate surface area is 162 Å². The van der Waals surface area contributed by atoms with Crippen LogP contribution in [0, 0.1) is 0 Å². The Morgan fingerprint density at radius 3 is 2.29 bits per heavy atom. The molecule has 0 unspecified atom stereocenters. The Bertz CT molecular complexity index is 1040. The zero-order valence-corrected chi connectivity index (χ0v) is 16.0. The molecule has 0 aromatic carbocycles. The van der Waals surface area contributed by atoms with Crippen LogP contribution in [0.15, 0.2) is 29.1 Å². The van der Waals surface area contributed by atoms with Crippen molar-refractivity contribution < 1.29 is 0 Å². The van der Waals surface area contributed by atoms with Crippen LogP contribution >= 0.6 is 0 Å². The molecule has 2 aliphatic rings. The van der Waals surface area contributed by atoms with Crippen molar-refractivity contribution in [1.82, 2.24) is 29.6 Å². The summed E-state index contributed by atoms with van der Waals surface area (Å²) in [6.07, 6.45) is 4.38. The molecule has 146 valence electrons. The number of piperidine rings is 1. The van der Waals surface area contributed by atoms with E-state index in [1.807, 2.05) is 16.6 Å². The van der Waals surface area contributed by atoms with Gasteiger partial charge in [-0.15, -0.1) is 15.3 Å². The molecule has 2 fully saturated rings. The molecular formula is C19H24N8O. The lowest BCUT2D eigenvalue weighted by molar-refractivity contribution is 0.472. The number of aryl methyl sites for hydroxylation is 1. The fourth-order valence-corrected chi connectivity index (χ4v) is 4.19. The number of hydrogen-bond donors (Lipinski definition) is 0. The van der Waals surface area contributed by atoms with Gasteiger partial charge in [-0.25, -0.2) is 4.68 Å². The fourth-order valence-electron chi connectivity index (χ4n) is 4.19. The van der Waals surface area contributed by atoms with Crippen molar-refractivity contribution in [2.75, 3.05) is 36.0 Å². The molecule has 0 N–H and O–H groups in total. The second-order valence-electron chi connectivity index (χ2n) is 7.63. The van der Waals surface area contributed by atoms with Crippen LogP contribution in [0.5, 0.6) is 0 Å². The minimum atomic E-state index is -0.0894. The molecular weight excluding hydrogens is 356 g/mol. The molecule has 0 bridgehead atoms. The van der Waals surface area contributed by atoms with Gasteiger partial charge in [0.2, 0.25) is 0 Å². The standard InChI is InChI=1S/C19H24N8O/c1-24-18(28)7-6-16(22-24)26-12-8-14(9-13-26)19-21-20-15-4-5-17(23-27(15)19)25-10-2-3-11-25/h4-7,14H,2-3,8-13H2,1H3. The molecule has 2 aliphatic heterocycles. The lowest BCUT2D eigenvalue weighted by Gasteiger charge is -2.31. The van der Waals surface area contributed by atoms with E-state index in [1.165, 1.54) is 17.5 Å². The van der Waals surface area contributed by atoms with Crippen molar-refractivity contribution in [2.45, 2.75) is 31.6 Å². The smallest absolute Gasteiger partial charge is 0.266 e. The first kappa shape index (κ1) is 17.2. The number of anilines is 2. The third-order valence-corrected chi connectivity index (χ3v) is 5.83. The van der Waals surface area contributed by atoms with E-state index in [0.29, 0.717) is 5.92 Å². The summed E-state index contributed by atoms with van der Waals surface area (Å²) in [6, 6.07) is 7.44. The molecule has 3 aromatic rings. The Balaban J connectivity index is 1.35. The lowest BCUT2D eigenvalue weighted by atomic mass is 9.96. The van der Waals surface area contributed by atoms with Gasteiger partial charge in [0.15, 0.2) is 11.5 Å². The number of nitrogens with zero attached hydrogens (tertiary/aromatic N) is 8. The molecule has 0 amide bonds. The Hall–Kier alpha value is -2.97. The summed E-state index contributed by atoms with van der Waals surface area (Å²) in [4.78, 5) is 16.1. The Morgan fingerprint density at radius 1 is 0.857 bits per heavy atom. The average molecular weight is 380 g/mol. The summed E-state index contributed by atoms with van der Waals surface area (Å²) in [5.41, 5.74) is 0.716. The third kappa shape index (κ3) is 3.00. The van der Waals surface area contributed by atoms with Crippen LogP contribution in [-0.4, -0.2) is 55.8 Å². The van der Waals surface area contributed by atoms with Crippen LogP contribution < -0.4 is 15.4 Å². The molecule has 5 heterocycles. The molecule has 0 aliphatic carbocycles. The maximum Gasteiger partial charge on any atom is 0.266 e. The van der Waals surface area contributed by atoms with Crippen molar-refractivity contribution >= 4 is 17.3 Å². The van der Waals surface area contributed by atoms with Crippen molar-refractivity contribution in [3.8, 4) is 0 Å². The van der Waals surface area contributed by atoms with Gasteiger partial charge in [-0.2, -0.15) is 9.61 Å². The van der Waals surface area contributed by atoms with Gasteiger partial charge in [0, 0.05) is 45.2 Å². The third-order valence-electron chi connectivity index (χ3n) is 5.83. The van der Waals surface area contributed by atoms with Crippen molar-refractivity contribution in [1.29, 1.82) is 0 Å². The van der Waals surface area contributed by atoms with E-state index in [0.717, 1.165) is 62.1 Å². The monoisotopic (exact) mass is 380 g/mol. The summed E-state index contributed by atoms with van der Waals surface area (Å²) in [6.45, 7) is 3.88. The molecule has 0 atom stereocenters. The van der Waals surface area contributed by atoms with Crippen molar-refractivity contribution in [2.24, 2.45) is 7.05 Å². The van der Waals surface area contributed by atoms with E-state index >= 15 is 0 Å². The highest BCUT2D eigenvalue weighted by Gasteiger charge is 2.26. The van der Waals surface area contributed by atoms with E-state index < -0.39 is 0 Å². The first-order valence-corrected chi connectivity index (χ1v) is 9.96. The number of fused-ring (bicyclic) bond motifs is 1. The minimum absolute atomic E-state index is 0.0894. The van der Waals surface area contributed by atoms with E-state index in [1.54, 1.807) is 19.2 Å². The maximum absolute atomic E-state index is 11.6. The van der Waals surface area contributed by atoms with Crippen LogP contribution in [0.1, 0.15) is 37.4 Å². The van der Waals surface area contributed by atoms with Gasteiger partial charge in [0.05, 0.1) is 0 Å². The summed E-state index contributed by atoms with van der Waals surface area (Å²) < 4.78 is 3.32. The summed E-state index contributed by atoms with van der Waals surface area (Å²) in [5.74, 6) is 3.13. The van der Waals surface area contributed by atoms with Crippen molar-refractivity contribution in [3.05, 3.63) is 40.4 Å². The minimum Gasteiger partial charge on any atom is -0.355 e. The van der Waals surface area contributed by atoms with Crippen LogP contribution in [-0.2, 0) is 7.05 Å². The number of aromatic nitrogens is 6. The van der Waals surface area contributed by atoms with Crippen LogP contribution in [0.4, 0.5) is 11.6 Å². The SMILES string of the molecule is Cn1nc(N2CCC(c3nnc4ccc(N5CCCC5)nn34)CC2)ccc1=O. The molecule has 2 saturated heterocycles. The molecule has 0 spiro atoms. The Morgan fingerprint density at radius 2 is 1.54 bits per heavy atom. The maximum atomic E-state index is 11.6. The topological polar surface area (TPSA) is 84.5 Å². The number of hydrogen-bond acceptors (Lipinski definition) is 7. The second kappa shape index (κ2) is 6.88. The molecule has 9 heteroatoms. The average Bonchev–Trinajstić information content (AvgIpc) is 3.40.